The van der Waals surface area contributed by atoms with Gasteiger partial charge in [0.15, 0.2) is 0 Å². The fourth-order valence-electron chi connectivity index (χ4n) is 2.22. The minimum absolute atomic E-state index is 0.217. The Morgan fingerprint density at radius 2 is 1.61 bits per heavy atom. The summed E-state index contributed by atoms with van der Waals surface area (Å²) in [4.78, 5) is 0. The number of methoxy groups -OCH3 is 1. The molecule has 0 unspecified atom stereocenters. The van der Waals surface area contributed by atoms with Crippen molar-refractivity contribution >= 4 is 0 Å². The SMILES string of the molecule is COC[C@@H]1O[C@H]1c1ccc(-c2ccccc2)cc1. The van der Waals surface area contributed by atoms with E-state index in [0.29, 0.717) is 6.61 Å². The molecule has 2 aromatic rings. The summed E-state index contributed by atoms with van der Waals surface area (Å²) >= 11 is 0. The molecule has 1 fully saturated rings. The van der Waals surface area contributed by atoms with E-state index in [2.05, 4.69) is 48.5 Å². The molecule has 1 aliphatic heterocycles. The second kappa shape index (κ2) is 4.92. The Labute approximate surface area is 107 Å². The molecule has 0 amide bonds. The average Bonchev–Trinajstić information content (AvgIpc) is 3.20. The van der Waals surface area contributed by atoms with Gasteiger partial charge in [-0.05, 0) is 16.7 Å². The molecule has 0 bridgehead atoms. The quantitative estimate of drug-likeness (QED) is 0.764. The lowest BCUT2D eigenvalue weighted by molar-refractivity contribution is 0.171. The maximum atomic E-state index is 5.56. The molecule has 1 heterocycles. The van der Waals surface area contributed by atoms with Crippen LogP contribution in [0.15, 0.2) is 54.6 Å². The third kappa shape index (κ3) is 2.30. The normalized spacial score (nSPS) is 21.8. The molecule has 18 heavy (non-hydrogen) atoms. The summed E-state index contributed by atoms with van der Waals surface area (Å²) in [5.41, 5.74) is 3.72. The molecule has 0 radical (unpaired) electrons. The van der Waals surface area contributed by atoms with Crippen LogP contribution in [-0.4, -0.2) is 19.8 Å². The highest BCUT2D eigenvalue weighted by Gasteiger charge is 2.39. The Hall–Kier alpha value is -1.64. The third-order valence-electron chi connectivity index (χ3n) is 3.26. The Balaban J connectivity index is 1.75. The van der Waals surface area contributed by atoms with Crippen molar-refractivity contribution in [2.75, 3.05) is 13.7 Å². The van der Waals surface area contributed by atoms with Crippen LogP contribution < -0.4 is 0 Å². The van der Waals surface area contributed by atoms with Crippen molar-refractivity contribution in [2.24, 2.45) is 0 Å². The van der Waals surface area contributed by atoms with Crippen LogP contribution in [0.4, 0.5) is 0 Å². The first-order valence-electron chi connectivity index (χ1n) is 6.18. The monoisotopic (exact) mass is 240 g/mol. The molecule has 2 nitrogen and oxygen atoms in total. The van der Waals surface area contributed by atoms with Crippen molar-refractivity contribution in [2.45, 2.75) is 12.2 Å². The number of epoxide rings is 1. The molecule has 1 aliphatic rings. The summed E-state index contributed by atoms with van der Waals surface area (Å²) < 4.78 is 10.6. The molecule has 0 N–H and O–H groups in total. The van der Waals surface area contributed by atoms with Crippen LogP contribution in [-0.2, 0) is 9.47 Å². The van der Waals surface area contributed by atoms with E-state index in [1.807, 2.05) is 6.07 Å². The van der Waals surface area contributed by atoms with E-state index in [-0.39, 0.29) is 12.2 Å². The van der Waals surface area contributed by atoms with E-state index in [1.165, 1.54) is 16.7 Å². The van der Waals surface area contributed by atoms with Crippen LogP contribution in [0, 0.1) is 0 Å². The second-order valence-corrected chi connectivity index (χ2v) is 4.54. The van der Waals surface area contributed by atoms with Gasteiger partial charge in [0.25, 0.3) is 0 Å². The van der Waals surface area contributed by atoms with Crippen molar-refractivity contribution in [1.82, 2.24) is 0 Å². The molecule has 1 saturated heterocycles. The van der Waals surface area contributed by atoms with Crippen LogP contribution in [0.1, 0.15) is 11.7 Å². The third-order valence-corrected chi connectivity index (χ3v) is 3.26. The minimum Gasteiger partial charge on any atom is -0.382 e. The zero-order valence-electron chi connectivity index (χ0n) is 10.4. The fraction of sp³-hybridized carbons (Fsp3) is 0.250. The molecule has 0 saturated carbocycles. The molecule has 0 spiro atoms. The summed E-state index contributed by atoms with van der Waals surface area (Å²) in [6.07, 6.45) is 0.451. The van der Waals surface area contributed by atoms with Crippen molar-refractivity contribution in [3.05, 3.63) is 60.2 Å². The van der Waals surface area contributed by atoms with E-state index in [4.69, 9.17) is 9.47 Å². The Bertz CT molecular complexity index is 504. The molecule has 0 aromatic heterocycles. The van der Waals surface area contributed by atoms with Crippen molar-refractivity contribution in [3.8, 4) is 11.1 Å². The first-order valence-corrected chi connectivity index (χ1v) is 6.18. The lowest BCUT2D eigenvalue weighted by Gasteiger charge is -2.02. The molecular weight excluding hydrogens is 224 g/mol. The first-order chi connectivity index (χ1) is 8.88. The number of rotatable bonds is 4. The maximum Gasteiger partial charge on any atom is 0.112 e. The summed E-state index contributed by atoms with van der Waals surface area (Å²) in [5.74, 6) is 0. The number of hydrogen-bond acceptors (Lipinski definition) is 2. The first kappa shape index (κ1) is 11.5. The van der Waals surface area contributed by atoms with Gasteiger partial charge in [-0.1, -0.05) is 54.6 Å². The molecule has 0 aliphatic carbocycles. The van der Waals surface area contributed by atoms with E-state index in [1.54, 1.807) is 7.11 Å². The van der Waals surface area contributed by atoms with Crippen molar-refractivity contribution < 1.29 is 9.47 Å². The van der Waals surface area contributed by atoms with Gasteiger partial charge in [0.1, 0.15) is 12.2 Å². The smallest absolute Gasteiger partial charge is 0.112 e. The predicted octanol–water partition coefficient (Wildman–Crippen LogP) is 3.44. The van der Waals surface area contributed by atoms with E-state index in [9.17, 15) is 0 Å². The molecular formula is C16H16O2. The lowest BCUT2D eigenvalue weighted by Crippen LogP contribution is -1.98. The number of ether oxygens (including phenoxy) is 2. The van der Waals surface area contributed by atoms with Crippen LogP contribution in [0.3, 0.4) is 0 Å². The highest BCUT2D eigenvalue weighted by atomic mass is 16.6. The zero-order valence-corrected chi connectivity index (χ0v) is 10.4. The van der Waals surface area contributed by atoms with Gasteiger partial charge in [0, 0.05) is 7.11 Å². The summed E-state index contributed by atoms with van der Waals surface area (Å²) in [7, 11) is 1.71. The van der Waals surface area contributed by atoms with Crippen LogP contribution >= 0.6 is 0 Å². The Morgan fingerprint density at radius 1 is 0.944 bits per heavy atom. The van der Waals surface area contributed by atoms with Crippen LogP contribution in [0.2, 0.25) is 0 Å². The Kier molecular flexibility index (Phi) is 3.13. The summed E-state index contributed by atoms with van der Waals surface area (Å²) in [5, 5.41) is 0. The van der Waals surface area contributed by atoms with E-state index >= 15 is 0 Å². The van der Waals surface area contributed by atoms with Crippen molar-refractivity contribution in [3.63, 3.8) is 0 Å². The topological polar surface area (TPSA) is 21.8 Å². The number of hydrogen-bond donors (Lipinski definition) is 0. The predicted molar refractivity (Wildman–Crippen MR) is 71.4 cm³/mol. The molecule has 2 heteroatoms. The minimum atomic E-state index is 0.217. The van der Waals surface area contributed by atoms with Gasteiger partial charge < -0.3 is 9.47 Å². The van der Waals surface area contributed by atoms with Gasteiger partial charge in [-0.15, -0.1) is 0 Å². The van der Waals surface area contributed by atoms with E-state index < -0.39 is 0 Å². The van der Waals surface area contributed by atoms with Gasteiger partial charge in [-0.25, -0.2) is 0 Å². The second-order valence-electron chi connectivity index (χ2n) is 4.54. The van der Waals surface area contributed by atoms with Gasteiger partial charge in [0.05, 0.1) is 6.61 Å². The molecule has 2 atom stereocenters. The summed E-state index contributed by atoms with van der Waals surface area (Å²) in [6, 6.07) is 19.0. The highest BCUT2D eigenvalue weighted by molar-refractivity contribution is 5.63. The van der Waals surface area contributed by atoms with E-state index in [0.717, 1.165) is 0 Å². The maximum absolute atomic E-state index is 5.56. The fourth-order valence-corrected chi connectivity index (χ4v) is 2.22. The molecule has 92 valence electrons. The van der Waals surface area contributed by atoms with Gasteiger partial charge in [-0.2, -0.15) is 0 Å². The highest BCUT2D eigenvalue weighted by Crippen LogP contribution is 2.39. The standard InChI is InChI=1S/C16H16O2/c1-17-11-15-16(18-15)14-9-7-13(8-10-14)12-5-3-2-4-6-12/h2-10,15-16H,11H2,1H3/t15-,16-/m0/s1. The average molecular weight is 240 g/mol. The van der Waals surface area contributed by atoms with Gasteiger partial charge in [0.2, 0.25) is 0 Å². The summed E-state index contributed by atoms with van der Waals surface area (Å²) in [6.45, 7) is 0.672. The lowest BCUT2D eigenvalue weighted by atomic mass is 10.0. The van der Waals surface area contributed by atoms with Crippen LogP contribution in [0.5, 0.6) is 0 Å². The van der Waals surface area contributed by atoms with Gasteiger partial charge in [-0.3, -0.25) is 0 Å². The van der Waals surface area contributed by atoms with Crippen molar-refractivity contribution in [1.29, 1.82) is 0 Å². The zero-order chi connectivity index (χ0) is 12.4. The Morgan fingerprint density at radius 3 is 2.28 bits per heavy atom. The largest absolute Gasteiger partial charge is 0.382 e. The van der Waals surface area contributed by atoms with Crippen LogP contribution in [0.25, 0.3) is 11.1 Å². The molecule has 3 rings (SSSR count). The number of benzene rings is 2. The molecule has 2 aromatic carbocycles. The van der Waals surface area contributed by atoms with Gasteiger partial charge >= 0.3 is 0 Å².